The van der Waals surface area contributed by atoms with Crippen molar-refractivity contribution in [1.29, 1.82) is 0 Å². The highest BCUT2D eigenvalue weighted by Gasteiger charge is 2.28. The van der Waals surface area contributed by atoms with Crippen LogP contribution in [0, 0.1) is 0 Å². The second kappa shape index (κ2) is 7.52. The number of phenolic OH excluding ortho intramolecular Hbond substituents is 1. The van der Waals surface area contributed by atoms with E-state index in [0.717, 1.165) is 43.7 Å². The second-order valence-electron chi connectivity index (χ2n) is 10.2. The molecular formula is C27H29BrN2O. The van der Waals surface area contributed by atoms with Crippen LogP contribution in [0.15, 0.2) is 65.1 Å². The minimum Gasteiger partial charge on any atom is -0.507 e. The zero-order valence-electron chi connectivity index (χ0n) is 19.0. The molecule has 0 saturated heterocycles. The lowest BCUT2D eigenvalue weighted by atomic mass is 9.79. The number of benzene rings is 3. The Balaban J connectivity index is 2.11. The van der Waals surface area contributed by atoms with Crippen molar-refractivity contribution in [1.82, 2.24) is 9.55 Å². The minimum atomic E-state index is -0.202. The number of hydrogen-bond donors (Lipinski definition) is 1. The Bertz CT molecular complexity index is 1240. The fourth-order valence-electron chi connectivity index (χ4n) is 4.00. The summed E-state index contributed by atoms with van der Waals surface area (Å²) in [6.07, 6.45) is 0. The van der Waals surface area contributed by atoms with Gasteiger partial charge in [0.05, 0.1) is 11.0 Å². The van der Waals surface area contributed by atoms with Gasteiger partial charge in [0.2, 0.25) is 0 Å². The first-order chi connectivity index (χ1) is 14.5. The lowest BCUT2D eigenvalue weighted by Gasteiger charge is -2.28. The van der Waals surface area contributed by atoms with Crippen LogP contribution in [0.2, 0.25) is 0 Å². The van der Waals surface area contributed by atoms with Crippen molar-refractivity contribution in [2.45, 2.75) is 52.4 Å². The van der Waals surface area contributed by atoms with E-state index in [1.165, 1.54) is 0 Å². The van der Waals surface area contributed by atoms with Crippen LogP contribution in [0.3, 0.4) is 0 Å². The Morgan fingerprint density at radius 2 is 1.42 bits per heavy atom. The normalized spacial score (nSPS) is 12.5. The van der Waals surface area contributed by atoms with Gasteiger partial charge in [0, 0.05) is 26.9 Å². The number of hydrogen-bond acceptors (Lipinski definition) is 2. The molecule has 0 saturated carbocycles. The largest absolute Gasteiger partial charge is 0.507 e. The molecule has 0 aliphatic carbocycles. The first-order valence-electron chi connectivity index (χ1n) is 10.6. The molecule has 4 rings (SSSR count). The van der Waals surface area contributed by atoms with E-state index < -0.39 is 0 Å². The van der Waals surface area contributed by atoms with Gasteiger partial charge in [0.15, 0.2) is 0 Å². The van der Waals surface area contributed by atoms with Gasteiger partial charge < -0.3 is 5.11 Å². The third-order valence-corrected chi connectivity index (χ3v) is 6.11. The quantitative estimate of drug-likeness (QED) is 0.320. The zero-order chi connectivity index (χ0) is 22.6. The Morgan fingerprint density at radius 3 is 2.00 bits per heavy atom. The Hall–Kier alpha value is -2.59. The van der Waals surface area contributed by atoms with Crippen molar-refractivity contribution in [3.05, 3.63) is 76.3 Å². The number of fused-ring (bicyclic) bond motifs is 1. The van der Waals surface area contributed by atoms with Gasteiger partial charge in [-0.25, -0.2) is 4.98 Å². The number of para-hydroxylation sites is 2. The van der Waals surface area contributed by atoms with Crippen LogP contribution < -0.4 is 0 Å². The Labute approximate surface area is 192 Å². The lowest BCUT2D eigenvalue weighted by Crippen LogP contribution is -2.18. The van der Waals surface area contributed by atoms with Gasteiger partial charge >= 0.3 is 0 Å². The van der Waals surface area contributed by atoms with Gasteiger partial charge in [0.1, 0.15) is 11.6 Å². The number of imidazole rings is 1. The molecular weight excluding hydrogens is 448 g/mol. The standard InChI is InChI=1S/C27H29BrN2O/c1-26(2,3)20-15-19(16-21(24(20)31)27(4,5)6)30-23-13-8-7-12-22(23)29-25(30)17-10-9-11-18(28)14-17/h7-16,31H,1-6H3. The maximum atomic E-state index is 11.2. The molecule has 1 N–H and O–H groups in total. The van der Waals surface area contributed by atoms with E-state index in [2.05, 4.69) is 92.4 Å². The summed E-state index contributed by atoms with van der Waals surface area (Å²) in [5.74, 6) is 1.27. The van der Waals surface area contributed by atoms with E-state index in [0.29, 0.717) is 5.75 Å². The molecule has 4 heteroatoms. The van der Waals surface area contributed by atoms with E-state index in [1.807, 2.05) is 30.3 Å². The van der Waals surface area contributed by atoms with Crippen LogP contribution in [0.5, 0.6) is 5.75 Å². The average Bonchev–Trinajstić information content (AvgIpc) is 3.06. The summed E-state index contributed by atoms with van der Waals surface area (Å²) in [5.41, 5.74) is 5.51. The number of nitrogens with zero attached hydrogens (tertiary/aromatic N) is 2. The fourth-order valence-corrected chi connectivity index (χ4v) is 4.40. The van der Waals surface area contributed by atoms with E-state index in [-0.39, 0.29) is 10.8 Å². The molecule has 1 heterocycles. The summed E-state index contributed by atoms with van der Waals surface area (Å²) in [7, 11) is 0. The van der Waals surface area contributed by atoms with Gasteiger partial charge in [-0.15, -0.1) is 0 Å². The Kier molecular flexibility index (Phi) is 5.25. The molecule has 31 heavy (non-hydrogen) atoms. The molecule has 0 aliphatic rings. The second-order valence-corrected chi connectivity index (χ2v) is 11.1. The maximum Gasteiger partial charge on any atom is 0.145 e. The van der Waals surface area contributed by atoms with Crippen molar-refractivity contribution in [3.63, 3.8) is 0 Å². The molecule has 4 aromatic rings. The highest BCUT2D eigenvalue weighted by molar-refractivity contribution is 9.10. The van der Waals surface area contributed by atoms with Gasteiger partial charge in [-0.05, 0) is 47.2 Å². The average molecular weight is 477 g/mol. The Morgan fingerprint density at radius 1 is 0.806 bits per heavy atom. The highest BCUT2D eigenvalue weighted by atomic mass is 79.9. The predicted octanol–water partition coefficient (Wildman–Crippen LogP) is 7.76. The summed E-state index contributed by atoms with van der Waals surface area (Å²) in [5, 5.41) is 11.2. The van der Waals surface area contributed by atoms with Crippen LogP contribution in [0.1, 0.15) is 52.7 Å². The van der Waals surface area contributed by atoms with E-state index in [9.17, 15) is 5.11 Å². The lowest BCUT2D eigenvalue weighted by molar-refractivity contribution is 0.423. The number of halogens is 1. The van der Waals surface area contributed by atoms with Crippen LogP contribution >= 0.6 is 15.9 Å². The van der Waals surface area contributed by atoms with Crippen LogP contribution in [-0.4, -0.2) is 14.7 Å². The van der Waals surface area contributed by atoms with Gasteiger partial charge in [0.25, 0.3) is 0 Å². The first-order valence-corrected chi connectivity index (χ1v) is 11.4. The third-order valence-electron chi connectivity index (χ3n) is 5.61. The molecule has 1 aromatic heterocycles. The monoisotopic (exact) mass is 476 g/mol. The number of aromatic nitrogens is 2. The van der Waals surface area contributed by atoms with Gasteiger partial charge in [-0.1, -0.05) is 81.7 Å². The van der Waals surface area contributed by atoms with E-state index in [4.69, 9.17) is 4.98 Å². The summed E-state index contributed by atoms with van der Waals surface area (Å²) in [6.45, 7) is 12.8. The van der Waals surface area contributed by atoms with Crippen LogP contribution in [-0.2, 0) is 10.8 Å². The molecule has 0 amide bonds. The van der Waals surface area contributed by atoms with Crippen molar-refractivity contribution < 1.29 is 5.11 Å². The maximum absolute atomic E-state index is 11.2. The topological polar surface area (TPSA) is 38.0 Å². The third kappa shape index (κ3) is 4.01. The minimum absolute atomic E-state index is 0.202. The van der Waals surface area contributed by atoms with Gasteiger partial charge in [-0.2, -0.15) is 0 Å². The van der Waals surface area contributed by atoms with E-state index in [1.54, 1.807) is 0 Å². The summed E-state index contributed by atoms with van der Waals surface area (Å²) < 4.78 is 3.22. The highest BCUT2D eigenvalue weighted by Crippen LogP contribution is 2.42. The summed E-state index contributed by atoms with van der Waals surface area (Å²) in [4.78, 5) is 4.99. The van der Waals surface area contributed by atoms with Crippen molar-refractivity contribution in [2.24, 2.45) is 0 Å². The number of rotatable bonds is 2. The zero-order valence-corrected chi connectivity index (χ0v) is 20.6. The molecule has 0 radical (unpaired) electrons. The number of aromatic hydroxyl groups is 1. The molecule has 0 fully saturated rings. The van der Waals surface area contributed by atoms with Crippen LogP contribution in [0.4, 0.5) is 0 Å². The first kappa shape index (κ1) is 21.6. The van der Waals surface area contributed by atoms with Crippen LogP contribution in [0.25, 0.3) is 28.1 Å². The molecule has 0 aliphatic heterocycles. The molecule has 3 nitrogen and oxygen atoms in total. The molecule has 3 aromatic carbocycles. The smallest absolute Gasteiger partial charge is 0.145 e. The van der Waals surface area contributed by atoms with Gasteiger partial charge in [-0.3, -0.25) is 4.57 Å². The van der Waals surface area contributed by atoms with E-state index >= 15 is 0 Å². The molecule has 0 atom stereocenters. The van der Waals surface area contributed by atoms with Crippen molar-refractivity contribution in [2.75, 3.05) is 0 Å². The summed E-state index contributed by atoms with van der Waals surface area (Å²) in [6, 6.07) is 20.6. The SMILES string of the molecule is CC(C)(C)c1cc(-n2c(-c3cccc(Br)c3)nc3ccccc32)cc(C(C)(C)C)c1O. The summed E-state index contributed by atoms with van der Waals surface area (Å²) >= 11 is 3.60. The molecule has 0 bridgehead atoms. The molecule has 0 spiro atoms. The fraction of sp³-hybridized carbons (Fsp3) is 0.296. The molecule has 0 unspecified atom stereocenters. The predicted molar refractivity (Wildman–Crippen MR) is 133 cm³/mol. The molecule has 160 valence electrons. The van der Waals surface area contributed by atoms with Crippen molar-refractivity contribution >= 4 is 27.0 Å². The number of phenols is 1. The van der Waals surface area contributed by atoms with Crippen molar-refractivity contribution in [3.8, 4) is 22.8 Å².